The number of hydrogen-bond acceptors (Lipinski definition) is 6. The third kappa shape index (κ3) is 42.0. The summed E-state index contributed by atoms with van der Waals surface area (Å²) in [5.41, 5.74) is 0. The second kappa shape index (κ2) is 44.6. The maximum Gasteiger partial charge on any atom is 0.306 e. The van der Waals surface area contributed by atoms with Gasteiger partial charge in [0.05, 0.1) is 0 Å². The van der Waals surface area contributed by atoms with Crippen LogP contribution in [0.2, 0.25) is 0 Å². The average Bonchev–Trinajstić information content (AvgIpc) is 3.19. The largest absolute Gasteiger partial charge is 0.462 e. The molecule has 6 nitrogen and oxygen atoms in total. The fraction of sp³-hybridized carbons (Fsp3) is 0.700. The number of rotatable bonds is 40. The van der Waals surface area contributed by atoms with Gasteiger partial charge < -0.3 is 14.2 Å². The summed E-state index contributed by atoms with van der Waals surface area (Å²) in [7, 11) is 0. The van der Waals surface area contributed by atoms with Crippen molar-refractivity contribution in [3.05, 3.63) is 72.9 Å². The van der Waals surface area contributed by atoms with Crippen LogP contribution in [0.4, 0.5) is 0 Å². The summed E-state index contributed by atoms with van der Waals surface area (Å²) in [4.78, 5) is 37.6. The smallest absolute Gasteiger partial charge is 0.306 e. The van der Waals surface area contributed by atoms with Crippen molar-refractivity contribution in [3.63, 3.8) is 0 Å². The molecular formula is C50H84O6. The highest BCUT2D eigenvalue weighted by atomic mass is 16.6. The van der Waals surface area contributed by atoms with Gasteiger partial charge in [-0.2, -0.15) is 0 Å². The summed E-state index contributed by atoms with van der Waals surface area (Å²) in [5.74, 6) is -0.976. The molecule has 0 radical (unpaired) electrons. The molecule has 56 heavy (non-hydrogen) atoms. The van der Waals surface area contributed by atoms with Gasteiger partial charge in [-0.25, -0.2) is 0 Å². The summed E-state index contributed by atoms with van der Waals surface area (Å²) in [6, 6.07) is 0. The molecule has 0 aromatic heterocycles. The van der Waals surface area contributed by atoms with Crippen LogP contribution in [-0.4, -0.2) is 37.2 Å². The molecule has 0 saturated carbocycles. The van der Waals surface area contributed by atoms with Gasteiger partial charge in [-0.1, -0.05) is 177 Å². The second-order valence-electron chi connectivity index (χ2n) is 14.9. The first-order valence-electron chi connectivity index (χ1n) is 22.9. The summed E-state index contributed by atoms with van der Waals surface area (Å²) < 4.78 is 16.6. The van der Waals surface area contributed by atoms with Crippen LogP contribution in [0.3, 0.4) is 0 Å². The lowest BCUT2D eigenvalue weighted by molar-refractivity contribution is -0.167. The van der Waals surface area contributed by atoms with Gasteiger partial charge in [0.1, 0.15) is 13.2 Å². The lowest BCUT2D eigenvalue weighted by atomic mass is 10.1. The molecule has 1 unspecified atom stereocenters. The number of esters is 3. The number of hydrogen-bond donors (Lipinski definition) is 0. The molecule has 0 N–H and O–H groups in total. The first-order chi connectivity index (χ1) is 27.5. The van der Waals surface area contributed by atoms with E-state index >= 15 is 0 Å². The van der Waals surface area contributed by atoms with E-state index in [1.165, 1.54) is 70.6 Å². The van der Waals surface area contributed by atoms with Gasteiger partial charge in [-0.15, -0.1) is 0 Å². The van der Waals surface area contributed by atoms with Gasteiger partial charge in [0, 0.05) is 19.3 Å². The highest BCUT2D eigenvalue weighted by Crippen LogP contribution is 2.13. The third-order valence-electron chi connectivity index (χ3n) is 9.45. The van der Waals surface area contributed by atoms with Crippen LogP contribution < -0.4 is 0 Å². The molecule has 0 saturated heterocycles. The molecule has 6 heteroatoms. The van der Waals surface area contributed by atoms with Crippen LogP contribution in [0.1, 0.15) is 207 Å². The Kier molecular flexibility index (Phi) is 42.1. The fourth-order valence-electron chi connectivity index (χ4n) is 6.00. The van der Waals surface area contributed by atoms with Crippen LogP contribution in [0.5, 0.6) is 0 Å². The lowest BCUT2D eigenvalue weighted by Crippen LogP contribution is -2.30. The van der Waals surface area contributed by atoms with Crippen molar-refractivity contribution in [1.29, 1.82) is 0 Å². The normalized spacial score (nSPS) is 12.7. The average molecular weight is 781 g/mol. The summed E-state index contributed by atoms with van der Waals surface area (Å²) >= 11 is 0. The quantitative estimate of drug-likeness (QED) is 0.0267. The molecule has 0 fully saturated rings. The molecule has 0 rings (SSSR count). The molecule has 0 aliphatic carbocycles. The lowest BCUT2D eigenvalue weighted by Gasteiger charge is -2.18. The van der Waals surface area contributed by atoms with E-state index in [9.17, 15) is 14.4 Å². The van der Waals surface area contributed by atoms with Gasteiger partial charge in [0.25, 0.3) is 0 Å². The molecule has 0 aromatic carbocycles. The number of ether oxygens (including phenoxy) is 3. The highest BCUT2D eigenvalue weighted by molar-refractivity contribution is 5.71. The van der Waals surface area contributed by atoms with Crippen molar-refractivity contribution in [2.75, 3.05) is 13.2 Å². The Hall–Kier alpha value is -3.15. The maximum absolute atomic E-state index is 12.7. The highest BCUT2D eigenvalue weighted by Gasteiger charge is 2.19. The minimum absolute atomic E-state index is 0.0962. The van der Waals surface area contributed by atoms with Gasteiger partial charge >= 0.3 is 17.9 Å². The Morgan fingerprint density at radius 1 is 0.375 bits per heavy atom. The topological polar surface area (TPSA) is 78.9 Å². The van der Waals surface area contributed by atoms with Crippen LogP contribution in [0, 0.1) is 0 Å². The Labute approximate surface area is 344 Å². The molecule has 0 amide bonds. The monoisotopic (exact) mass is 781 g/mol. The van der Waals surface area contributed by atoms with Gasteiger partial charge in [-0.3, -0.25) is 14.4 Å². The zero-order valence-electron chi connectivity index (χ0n) is 36.4. The summed E-state index contributed by atoms with van der Waals surface area (Å²) in [6.07, 6.45) is 54.6. The van der Waals surface area contributed by atoms with Crippen molar-refractivity contribution < 1.29 is 28.6 Å². The predicted octanol–water partition coefficient (Wildman–Crippen LogP) is 14.7. The van der Waals surface area contributed by atoms with Crippen LogP contribution in [0.25, 0.3) is 0 Å². The van der Waals surface area contributed by atoms with Crippen LogP contribution >= 0.6 is 0 Å². The first-order valence-corrected chi connectivity index (χ1v) is 22.9. The van der Waals surface area contributed by atoms with Gasteiger partial charge in [0.15, 0.2) is 6.10 Å². The zero-order valence-corrected chi connectivity index (χ0v) is 36.4. The second-order valence-corrected chi connectivity index (χ2v) is 14.9. The van der Waals surface area contributed by atoms with Crippen LogP contribution in [-0.2, 0) is 28.6 Å². The molecule has 0 aliphatic heterocycles. The Bertz CT molecular complexity index is 1080. The number of allylic oxidation sites excluding steroid dienone is 12. The Balaban J connectivity index is 4.45. The maximum atomic E-state index is 12.7. The molecule has 0 aromatic rings. The number of carbonyl (C=O) groups excluding carboxylic acids is 3. The molecular weight excluding hydrogens is 697 g/mol. The molecule has 0 aliphatic rings. The van der Waals surface area contributed by atoms with E-state index in [0.717, 1.165) is 89.9 Å². The van der Waals surface area contributed by atoms with E-state index in [2.05, 4.69) is 93.7 Å². The van der Waals surface area contributed by atoms with E-state index in [0.29, 0.717) is 19.3 Å². The van der Waals surface area contributed by atoms with Gasteiger partial charge in [0.2, 0.25) is 0 Å². The zero-order chi connectivity index (χ0) is 40.8. The molecule has 0 bridgehead atoms. The fourth-order valence-corrected chi connectivity index (χ4v) is 6.00. The van der Waals surface area contributed by atoms with Crippen LogP contribution in [0.15, 0.2) is 72.9 Å². The summed E-state index contributed by atoms with van der Waals surface area (Å²) in [6.45, 7) is 6.40. The van der Waals surface area contributed by atoms with E-state index in [-0.39, 0.29) is 37.5 Å². The minimum atomic E-state index is -0.798. The molecule has 1 atom stereocenters. The van der Waals surface area contributed by atoms with Crippen molar-refractivity contribution in [1.82, 2.24) is 0 Å². The predicted molar refractivity (Wildman–Crippen MR) is 238 cm³/mol. The molecule has 0 spiro atoms. The number of carbonyl (C=O) groups is 3. The van der Waals surface area contributed by atoms with Crippen molar-refractivity contribution in [3.8, 4) is 0 Å². The molecule has 0 heterocycles. The summed E-state index contributed by atoms with van der Waals surface area (Å²) in [5, 5.41) is 0. The third-order valence-corrected chi connectivity index (χ3v) is 9.45. The van der Waals surface area contributed by atoms with E-state index in [1.54, 1.807) is 0 Å². The Morgan fingerprint density at radius 2 is 0.714 bits per heavy atom. The van der Waals surface area contributed by atoms with Crippen molar-refractivity contribution >= 4 is 17.9 Å². The van der Waals surface area contributed by atoms with E-state index in [4.69, 9.17) is 14.2 Å². The standard InChI is InChI=1S/C50H84O6/c1-4-7-10-13-16-19-21-23-24-25-26-28-29-31-34-37-40-43-49(52)55-46-47(45-54-48(51)42-39-36-33-18-15-12-9-6-3)56-50(53)44-41-38-35-32-30-27-22-20-17-14-11-8-5-2/h7,10,16,19-20,22-24,26,28,31,34,47H,4-6,8-9,11-15,17-18,21,25,27,29-30,32-33,35-46H2,1-3H3/b10-7-,19-16-,22-20-,24-23-,28-26-,34-31-. The van der Waals surface area contributed by atoms with E-state index < -0.39 is 6.10 Å². The van der Waals surface area contributed by atoms with E-state index in [1.807, 2.05) is 0 Å². The first kappa shape index (κ1) is 52.9. The molecule has 320 valence electrons. The van der Waals surface area contributed by atoms with Crippen molar-refractivity contribution in [2.45, 2.75) is 213 Å². The van der Waals surface area contributed by atoms with Crippen molar-refractivity contribution in [2.24, 2.45) is 0 Å². The van der Waals surface area contributed by atoms with Gasteiger partial charge in [-0.05, 0) is 83.5 Å². The minimum Gasteiger partial charge on any atom is -0.462 e. The number of unbranched alkanes of at least 4 members (excludes halogenated alkanes) is 17. The Morgan fingerprint density at radius 3 is 1.20 bits per heavy atom. The SMILES string of the molecule is CC/C=C\C/C=C\C/C=C\C/C=C\C/C=C\CCCC(=O)OCC(COC(=O)CCCCCCCCCC)OC(=O)CCCCCCC/C=C\CCCCCC.